The van der Waals surface area contributed by atoms with E-state index in [0.29, 0.717) is 6.04 Å². The van der Waals surface area contributed by atoms with Crippen LogP contribution in [0.5, 0.6) is 0 Å². The van der Waals surface area contributed by atoms with Gasteiger partial charge in [0, 0.05) is 29.9 Å². The minimum Gasteiger partial charge on any atom is -0.331 e. The van der Waals surface area contributed by atoms with Crippen molar-refractivity contribution >= 4 is 11.8 Å². The number of nitrogens with zero attached hydrogens (tertiary/aromatic N) is 3. The Balaban J connectivity index is 2.01. The molecule has 3 nitrogen and oxygen atoms in total. The van der Waals surface area contributed by atoms with Crippen LogP contribution in [0.4, 0.5) is 0 Å². The molecule has 0 fully saturated rings. The molecule has 0 amide bonds. The molecular weight excluding hydrogens is 266 g/mol. The lowest BCUT2D eigenvalue weighted by Gasteiger charge is -2.19. The lowest BCUT2D eigenvalue weighted by Crippen LogP contribution is -2.20. The summed E-state index contributed by atoms with van der Waals surface area (Å²) in [5.41, 5.74) is 1.35. The predicted octanol–water partition coefficient (Wildman–Crippen LogP) is 3.82. The number of thioether (sulfide) groups is 1. The second-order valence-corrected chi connectivity index (χ2v) is 6.25. The smallest absolute Gasteiger partial charge is 0.123 e. The van der Waals surface area contributed by atoms with Crippen LogP contribution in [0.25, 0.3) is 0 Å². The molecule has 0 aliphatic heterocycles. The van der Waals surface area contributed by atoms with Gasteiger partial charge in [0.25, 0.3) is 0 Å². The zero-order chi connectivity index (χ0) is 14.5. The van der Waals surface area contributed by atoms with Gasteiger partial charge in [0.05, 0.1) is 6.54 Å². The van der Waals surface area contributed by atoms with Gasteiger partial charge in [-0.1, -0.05) is 12.1 Å². The Bertz CT molecular complexity index is 548. The minimum atomic E-state index is 0.459. The fourth-order valence-corrected chi connectivity index (χ4v) is 2.80. The van der Waals surface area contributed by atoms with Crippen molar-refractivity contribution in [3.05, 3.63) is 48.0 Å². The topological polar surface area (TPSA) is 21.1 Å². The molecule has 0 atom stereocenters. The van der Waals surface area contributed by atoms with Crippen LogP contribution in [-0.2, 0) is 13.1 Å². The van der Waals surface area contributed by atoms with E-state index in [4.69, 9.17) is 0 Å². The van der Waals surface area contributed by atoms with Gasteiger partial charge < -0.3 is 4.57 Å². The SMILES string of the molecule is CSc1cccc(CN(C)Cc2nccn2C(C)C)c1. The van der Waals surface area contributed by atoms with Crippen molar-refractivity contribution in [1.82, 2.24) is 14.5 Å². The molecule has 1 heterocycles. The third-order valence-electron chi connectivity index (χ3n) is 3.30. The molecule has 0 N–H and O–H groups in total. The first-order valence-corrected chi connectivity index (χ1v) is 8.16. The monoisotopic (exact) mass is 289 g/mol. The van der Waals surface area contributed by atoms with Gasteiger partial charge in [-0.25, -0.2) is 4.98 Å². The molecule has 1 aromatic carbocycles. The minimum absolute atomic E-state index is 0.459. The lowest BCUT2D eigenvalue weighted by atomic mass is 10.2. The third-order valence-corrected chi connectivity index (χ3v) is 4.03. The van der Waals surface area contributed by atoms with Crippen LogP contribution in [0.2, 0.25) is 0 Å². The van der Waals surface area contributed by atoms with E-state index in [9.17, 15) is 0 Å². The Labute approximate surface area is 126 Å². The Kier molecular flexibility index (Phi) is 5.26. The second-order valence-electron chi connectivity index (χ2n) is 5.37. The van der Waals surface area contributed by atoms with Crippen molar-refractivity contribution in [3.63, 3.8) is 0 Å². The maximum absolute atomic E-state index is 4.47. The Morgan fingerprint density at radius 3 is 2.80 bits per heavy atom. The van der Waals surface area contributed by atoms with Crippen molar-refractivity contribution < 1.29 is 0 Å². The number of benzene rings is 1. The van der Waals surface area contributed by atoms with Crippen molar-refractivity contribution in [3.8, 4) is 0 Å². The summed E-state index contributed by atoms with van der Waals surface area (Å²) in [5, 5.41) is 0. The molecule has 4 heteroatoms. The standard InChI is InChI=1S/C16H23N3S/c1-13(2)19-9-8-17-16(19)12-18(3)11-14-6-5-7-15(10-14)20-4/h5-10,13H,11-12H2,1-4H3. The quantitative estimate of drug-likeness (QED) is 0.754. The fraction of sp³-hybridized carbons (Fsp3) is 0.438. The molecule has 20 heavy (non-hydrogen) atoms. The van der Waals surface area contributed by atoms with Crippen molar-refractivity contribution in [2.45, 2.75) is 37.9 Å². The summed E-state index contributed by atoms with van der Waals surface area (Å²) in [4.78, 5) is 8.10. The van der Waals surface area contributed by atoms with Crippen molar-refractivity contribution in [2.75, 3.05) is 13.3 Å². The molecule has 0 saturated carbocycles. The average Bonchev–Trinajstić information content (AvgIpc) is 2.87. The maximum Gasteiger partial charge on any atom is 0.123 e. The zero-order valence-electron chi connectivity index (χ0n) is 12.7. The van der Waals surface area contributed by atoms with Crippen LogP contribution >= 0.6 is 11.8 Å². The maximum atomic E-state index is 4.47. The molecule has 0 aliphatic rings. The highest BCUT2D eigenvalue weighted by atomic mass is 32.2. The van der Waals surface area contributed by atoms with Crippen molar-refractivity contribution in [1.29, 1.82) is 0 Å². The average molecular weight is 289 g/mol. The van der Waals surface area contributed by atoms with Gasteiger partial charge in [0.15, 0.2) is 0 Å². The van der Waals surface area contributed by atoms with E-state index in [1.54, 1.807) is 11.8 Å². The molecule has 2 rings (SSSR count). The summed E-state index contributed by atoms with van der Waals surface area (Å²) in [7, 11) is 2.14. The van der Waals surface area contributed by atoms with Crippen LogP contribution in [0.3, 0.4) is 0 Å². The Hall–Kier alpha value is -1.26. The summed E-state index contributed by atoms with van der Waals surface area (Å²) in [6.45, 7) is 6.19. The van der Waals surface area contributed by atoms with Gasteiger partial charge in [-0.3, -0.25) is 4.90 Å². The zero-order valence-corrected chi connectivity index (χ0v) is 13.5. The van der Waals surface area contributed by atoms with Gasteiger partial charge in [-0.15, -0.1) is 11.8 Å². The number of aromatic nitrogens is 2. The predicted molar refractivity (Wildman–Crippen MR) is 86.0 cm³/mol. The van der Waals surface area contributed by atoms with E-state index >= 15 is 0 Å². The summed E-state index contributed by atoms with van der Waals surface area (Å²) in [6.07, 6.45) is 6.06. The molecule has 0 radical (unpaired) electrons. The molecule has 0 spiro atoms. The van der Waals surface area contributed by atoms with Crippen LogP contribution in [-0.4, -0.2) is 27.8 Å². The van der Waals surface area contributed by atoms with E-state index in [1.807, 2.05) is 6.20 Å². The fourth-order valence-electron chi connectivity index (χ4n) is 2.32. The van der Waals surface area contributed by atoms with Gasteiger partial charge in [0.1, 0.15) is 5.82 Å². The first-order chi connectivity index (χ1) is 9.60. The Morgan fingerprint density at radius 2 is 2.10 bits per heavy atom. The van der Waals surface area contributed by atoms with Crippen LogP contribution in [0.1, 0.15) is 31.3 Å². The largest absolute Gasteiger partial charge is 0.331 e. The first-order valence-electron chi connectivity index (χ1n) is 6.93. The normalized spacial score (nSPS) is 11.5. The summed E-state index contributed by atoms with van der Waals surface area (Å²) >= 11 is 1.79. The van der Waals surface area contributed by atoms with Crippen molar-refractivity contribution in [2.24, 2.45) is 0 Å². The summed E-state index contributed by atoms with van der Waals surface area (Å²) < 4.78 is 2.23. The molecule has 2 aromatic rings. The molecule has 0 aliphatic carbocycles. The van der Waals surface area contributed by atoms with Gasteiger partial charge in [0.2, 0.25) is 0 Å². The molecule has 0 saturated heterocycles. The molecule has 0 bridgehead atoms. The van der Waals surface area contributed by atoms with E-state index in [1.165, 1.54) is 10.5 Å². The number of imidazole rings is 1. The van der Waals surface area contributed by atoms with Gasteiger partial charge >= 0.3 is 0 Å². The Morgan fingerprint density at radius 1 is 1.30 bits per heavy atom. The number of hydrogen-bond donors (Lipinski definition) is 0. The molecule has 108 valence electrons. The number of hydrogen-bond acceptors (Lipinski definition) is 3. The van der Waals surface area contributed by atoms with E-state index < -0.39 is 0 Å². The highest BCUT2D eigenvalue weighted by Gasteiger charge is 2.09. The van der Waals surface area contributed by atoms with Crippen LogP contribution < -0.4 is 0 Å². The van der Waals surface area contributed by atoms with E-state index in [0.717, 1.165) is 18.9 Å². The first kappa shape index (κ1) is 15.1. The molecule has 0 unspecified atom stereocenters. The summed E-state index contributed by atoms with van der Waals surface area (Å²) in [5.74, 6) is 1.13. The molecule has 1 aromatic heterocycles. The second kappa shape index (κ2) is 6.95. The van der Waals surface area contributed by atoms with E-state index in [2.05, 4.69) is 72.1 Å². The highest BCUT2D eigenvalue weighted by molar-refractivity contribution is 7.98. The van der Waals surface area contributed by atoms with Crippen LogP contribution in [0, 0.1) is 0 Å². The van der Waals surface area contributed by atoms with E-state index in [-0.39, 0.29) is 0 Å². The summed E-state index contributed by atoms with van der Waals surface area (Å²) in [6, 6.07) is 9.19. The molecular formula is C16H23N3S. The van der Waals surface area contributed by atoms with Gasteiger partial charge in [-0.05, 0) is 44.8 Å². The van der Waals surface area contributed by atoms with Gasteiger partial charge in [-0.2, -0.15) is 0 Å². The highest BCUT2D eigenvalue weighted by Crippen LogP contribution is 2.17. The lowest BCUT2D eigenvalue weighted by molar-refractivity contribution is 0.302. The number of rotatable bonds is 6. The third kappa shape index (κ3) is 3.87. The van der Waals surface area contributed by atoms with Crippen LogP contribution in [0.15, 0.2) is 41.6 Å².